The van der Waals surface area contributed by atoms with Crippen LogP contribution < -0.4 is 5.32 Å². The number of carbonyl (C=O) groups excluding carboxylic acids is 2. The highest BCUT2D eigenvalue weighted by Gasteiger charge is 2.18. The number of hydrogen-bond acceptors (Lipinski definition) is 4. The molecule has 0 saturated carbocycles. The third-order valence-electron chi connectivity index (χ3n) is 3.72. The molecule has 6 nitrogen and oxygen atoms in total. The SMILES string of the molecule is Cc1cc(C)n(CCC(=O)OC(C)C(=O)NCc2ccccc2Cl)n1. The fourth-order valence-corrected chi connectivity index (χ4v) is 2.58. The summed E-state index contributed by atoms with van der Waals surface area (Å²) < 4.78 is 6.92. The van der Waals surface area contributed by atoms with Crippen LogP contribution in [-0.4, -0.2) is 27.8 Å². The Bertz CT molecular complexity index is 758. The quantitative estimate of drug-likeness (QED) is 0.768. The monoisotopic (exact) mass is 363 g/mol. The maximum atomic E-state index is 12.0. The van der Waals surface area contributed by atoms with Crippen LogP contribution in [0.2, 0.25) is 5.02 Å². The van der Waals surface area contributed by atoms with E-state index in [2.05, 4.69) is 10.4 Å². The minimum Gasteiger partial charge on any atom is -0.452 e. The van der Waals surface area contributed by atoms with Gasteiger partial charge in [-0.15, -0.1) is 0 Å². The van der Waals surface area contributed by atoms with Gasteiger partial charge in [-0.2, -0.15) is 5.10 Å². The zero-order valence-electron chi connectivity index (χ0n) is 14.6. The molecule has 1 amide bonds. The number of ether oxygens (including phenoxy) is 1. The molecule has 1 N–H and O–H groups in total. The summed E-state index contributed by atoms with van der Waals surface area (Å²) in [6.07, 6.45) is -0.708. The Morgan fingerprint density at radius 3 is 2.68 bits per heavy atom. The second-order valence-corrected chi connectivity index (χ2v) is 6.25. The van der Waals surface area contributed by atoms with Crippen molar-refractivity contribution in [3.63, 3.8) is 0 Å². The Labute approximate surface area is 152 Å². The van der Waals surface area contributed by atoms with Gasteiger partial charge in [0.1, 0.15) is 0 Å². The van der Waals surface area contributed by atoms with E-state index in [0.717, 1.165) is 17.0 Å². The van der Waals surface area contributed by atoms with E-state index in [0.29, 0.717) is 11.6 Å². The molecule has 1 aromatic heterocycles. The van der Waals surface area contributed by atoms with Crippen molar-refractivity contribution >= 4 is 23.5 Å². The van der Waals surface area contributed by atoms with Crippen LogP contribution in [-0.2, 0) is 27.4 Å². The number of amides is 1. The predicted molar refractivity (Wildman–Crippen MR) is 95.2 cm³/mol. The van der Waals surface area contributed by atoms with Gasteiger partial charge in [-0.1, -0.05) is 29.8 Å². The molecule has 0 bridgehead atoms. The van der Waals surface area contributed by atoms with Gasteiger partial charge in [-0.25, -0.2) is 0 Å². The maximum absolute atomic E-state index is 12.0. The molecule has 1 aromatic carbocycles. The average Bonchev–Trinajstić information content (AvgIpc) is 2.89. The van der Waals surface area contributed by atoms with Crippen molar-refractivity contribution in [2.75, 3.05) is 0 Å². The standard InChI is InChI=1S/C18H22ClN3O3/c1-12-10-13(2)22(21-12)9-8-17(23)25-14(3)18(24)20-11-15-6-4-5-7-16(15)19/h4-7,10,14H,8-9,11H2,1-3H3,(H,20,24). The number of aromatic nitrogens is 2. The summed E-state index contributed by atoms with van der Waals surface area (Å²) in [5.74, 6) is -0.799. The van der Waals surface area contributed by atoms with E-state index in [1.54, 1.807) is 17.7 Å². The summed E-state index contributed by atoms with van der Waals surface area (Å²) in [6.45, 7) is 6.07. The molecule has 0 fully saturated rings. The van der Waals surface area contributed by atoms with Crippen molar-refractivity contribution in [1.82, 2.24) is 15.1 Å². The Balaban J connectivity index is 1.77. The second-order valence-electron chi connectivity index (χ2n) is 5.84. The topological polar surface area (TPSA) is 73.2 Å². The second kappa shape index (κ2) is 8.67. The van der Waals surface area contributed by atoms with Crippen LogP contribution >= 0.6 is 11.6 Å². The zero-order chi connectivity index (χ0) is 18.4. The van der Waals surface area contributed by atoms with Gasteiger partial charge in [0.15, 0.2) is 6.10 Å². The van der Waals surface area contributed by atoms with Crippen LogP contribution in [0.3, 0.4) is 0 Å². The van der Waals surface area contributed by atoms with Crippen molar-refractivity contribution in [3.05, 3.63) is 52.3 Å². The first kappa shape index (κ1) is 19.0. The number of hydrogen-bond donors (Lipinski definition) is 1. The number of halogens is 1. The molecular weight excluding hydrogens is 342 g/mol. The van der Waals surface area contributed by atoms with Gasteiger partial charge >= 0.3 is 5.97 Å². The Morgan fingerprint density at radius 2 is 2.04 bits per heavy atom. The molecule has 0 radical (unpaired) electrons. The lowest BCUT2D eigenvalue weighted by atomic mass is 10.2. The van der Waals surface area contributed by atoms with Gasteiger partial charge < -0.3 is 10.1 Å². The summed E-state index contributed by atoms with van der Waals surface area (Å²) in [7, 11) is 0. The molecule has 0 aliphatic rings. The minimum absolute atomic E-state index is 0.157. The number of rotatable bonds is 7. The van der Waals surface area contributed by atoms with Crippen LogP contribution in [0, 0.1) is 13.8 Å². The fraction of sp³-hybridized carbons (Fsp3) is 0.389. The Hall–Kier alpha value is -2.34. The van der Waals surface area contributed by atoms with E-state index >= 15 is 0 Å². The lowest BCUT2D eigenvalue weighted by molar-refractivity contribution is -0.155. The minimum atomic E-state index is -0.865. The smallest absolute Gasteiger partial charge is 0.308 e. The van der Waals surface area contributed by atoms with Crippen LogP contribution in [0.4, 0.5) is 0 Å². The number of nitrogens with one attached hydrogen (secondary N) is 1. The molecule has 1 atom stereocenters. The van der Waals surface area contributed by atoms with Crippen LogP contribution in [0.15, 0.2) is 30.3 Å². The molecule has 7 heteroatoms. The summed E-state index contributed by atoms with van der Waals surface area (Å²) in [5.41, 5.74) is 2.69. The van der Waals surface area contributed by atoms with Gasteiger partial charge in [0.05, 0.1) is 18.7 Å². The van der Waals surface area contributed by atoms with Gasteiger partial charge in [-0.05, 0) is 38.5 Å². The van der Waals surface area contributed by atoms with E-state index in [1.165, 1.54) is 0 Å². The van der Waals surface area contributed by atoms with Gasteiger partial charge in [0.25, 0.3) is 5.91 Å². The van der Waals surface area contributed by atoms with Crippen LogP contribution in [0.1, 0.15) is 30.3 Å². The first-order valence-electron chi connectivity index (χ1n) is 8.08. The summed E-state index contributed by atoms with van der Waals surface area (Å²) >= 11 is 6.04. The summed E-state index contributed by atoms with van der Waals surface area (Å²) in [5, 5.41) is 7.58. The first-order valence-corrected chi connectivity index (χ1v) is 8.46. The number of aryl methyl sites for hydroxylation is 3. The van der Waals surface area contributed by atoms with Crippen molar-refractivity contribution in [1.29, 1.82) is 0 Å². The molecule has 134 valence electrons. The maximum Gasteiger partial charge on any atom is 0.308 e. The van der Waals surface area contributed by atoms with Gasteiger partial charge in [-0.3, -0.25) is 14.3 Å². The molecule has 2 rings (SSSR count). The van der Waals surface area contributed by atoms with Crippen LogP contribution in [0.25, 0.3) is 0 Å². The first-order chi connectivity index (χ1) is 11.9. The summed E-state index contributed by atoms with van der Waals surface area (Å²) in [4.78, 5) is 24.0. The van der Waals surface area contributed by atoms with E-state index in [9.17, 15) is 9.59 Å². The molecule has 0 aliphatic carbocycles. The summed E-state index contributed by atoms with van der Waals surface area (Å²) in [6, 6.07) is 9.19. The number of esters is 1. The molecule has 1 heterocycles. The lowest BCUT2D eigenvalue weighted by Gasteiger charge is -2.14. The molecule has 2 aromatic rings. The Kier molecular flexibility index (Phi) is 6.58. The largest absolute Gasteiger partial charge is 0.452 e. The number of nitrogens with zero attached hydrogens (tertiary/aromatic N) is 2. The fourth-order valence-electron chi connectivity index (χ4n) is 2.38. The van der Waals surface area contributed by atoms with Gasteiger partial charge in [0.2, 0.25) is 0 Å². The van der Waals surface area contributed by atoms with Crippen molar-refractivity contribution < 1.29 is 14.3 Å². The third-order valence-corrected chi connectivity index (χ3v) is 4.09. The van der Waals surface area contributed by atoms with E-state index in [-0.39, 0.29) is 18.9 Å². The third kappa shape index (κ3) is 5.60. The zero-order valence-corrected chi connectivity index (χ0v) is 15.3. The lowest BCUT2D eigenvalue weighted by Crippen LogP contribution is -2.35. The molecular formula is C18H22ClN3O3. The Morgan fingerprint density at radius 1 is 1.32 bits per heavy atom. The van der Waals surface area contributed by atoms with E-state index in [4.69, 9.17) is 16.3 Å². The van der Waals surface area contributed by atoms with Crippen molar-refractivity contribution in [2.45, 2.75) is 46.4 Å². The van der Waals surface area contributed by atoms with Crippen molar-refractivity contribution in [3.8, 4) is 0 Å². The van der Waals surface area contributed by atoms with E-state index in [1.807, 2.05) is 38.1 Å². The van der Waals surface area contributed by atoms with E-state index < -0.39 is 12.1 Å². The highest BCUT2D eigenvalue weighted by atomic mass is 35.5. The normalized spacial score (nSPS) is 11.8. The number of benzene rings is 1. The molecule has 1 unspecified atom stereocenters. The highest BCUT2D eigenvalue weighted by molar-refractivity contribution is 6.31. The molecule has 0 spiro atoms. The molecule has 0 saturated heterocycles. The number of carbonyl (C=O) groups is 2. The molecule has 0 aliphatic heterocycles. The van der Waals surface area contributed by atoms with Crippen LogP contribution in [0.5, 0.6) is 0 Å². The van der Waals surface area contributed by atoms with Crippen molar-refractivity contribution in [2.24, 2.45) is 0 Å². The van der Waals surface area contributed by atoms with Gasteiger partial charge in [0, 0.05) is 17.3 Å². The highest BCUT2D eigenvalue weighted by Crippen LogP contribution is 2.14. The average molecular weight is 364 g/mol. The molecule has 25 heavy (non-hydrogen) atoms. The predicted octanol–water partition coefficient (Wildman–Crippen LogP) is 2.79.